The monoisotopic (exact) mass is 234 g/mol. The van der Waals surface area contributed by atoms with Gasteiger partial charge in [0, 0.05) is 9.50 Å². The number of benzene rings is 1. The maximum atomic E-state index is 8.89. The highest BCUT2D eigenvalue weighted by atomic mass is 79.9. The van der Waals surface area contributed by atoms with Gasteiger partial charge in [0.15, 0.2) is 0 Å². The van der Waals surface area contributed by atoms with Gasteiger partial charge in [0.05, 0.1) is 6.61 Å². The lowest BCUT2D eigenvalue weighted by atomic mass is 10.1. The van der Waals surface area contributed by atoms with Crippen molar-refractivity contribution in [3.05, 3.63) is 32.8 Å². The molecule has 1 rings (SSSR count). The first-order valence-electron chi connectivity index (χ1n) is 3.20. The van der Waals surface area contributed by atoms with Crippen LogP contribution in [0.1, 0.15) is 11.1 Å². The Balaban J connectivity index is 3.24. The molecule has 1 nitrogen and oxygen atoms in total. The fourth-order valence-electron chi connectivity index (χ4n) is 0.863. The molecule has 0 bridgehead atoms. The molecule has 1 aromatic rings. The second-order valence-electron chi connectivity index (χ2n) is 2.33. The number of hydrogen-bond donors (Lipinski definition) is 1. The van der Waals surface area contributed by atoms with Gasteiger partial charge < -0.3 is 5.11 Å². The van der Waals surface area contributed by atoms with Crippen LogP contribution in [0.15, 0.2) is 16.6 Å². The van der Waals surface area contributed by atoms with E-state index in [1.54, 1.807) is 0 Å². The molecule has 0 aromatic heterocycles. The van der Waals surface area contributed by atoms with Crippen molar-refractivity contribution in [3.63, 3.8) is 0 Å². The number of halogens is 2. The summed E-state index contributed by atoms with van der Waals surface area (Å²) in [5.41, 5.74) is 1.81. The molecule has 1 aromatic carbocycles. The first kappa shape index (κ1) is 9.04. The van der Waals surface area contributed by atoms with Gasteiger partial charge in [-0.15, -0.1) is 0 Å². The molecule has 0 aliphatic carbocycles. The summed E-state index contributed by atoms with van der Waals surface area (Å²) in [6, 6.07) is 3.68. The number of aliphatic hydroxyl groups is 1. The molecular weight excluding hydrogens is 227 g/mol. The van der Waals surface area contributed by atoms with Crippen LogP contribution in [0, 0.1) is 6.92 Å². The zero-order valence-corrected chi connectivity index (χ0v) is 8.41. The molecule has 0 atom stereocenters. The van der Waals surface area contributed by atoms with E-state index in [1.165, 1.54) is 0 Å². The van der Waals surface area contributed by atoms with Gasteiger partial charge in [-0.05, 0) is 30.2 Å². The minimum Gasteiger partial charge on any atom is -0.392 e. The average Bonchev–Trinajstić information content (AvgIpc) is 1.96. The quantitative estimate of drug-likeness (QED) is 0.793. The third kappa shape index (κ3) is 1.95. The van der Waals surface area contributed by atoms with E-state index in [4.69, 9.17) is 16.7 Å². The highest BCUT2D eigenvalue weighted by Gasteiger charge is 2.02. The smallest absolute Gasteiger partial charge is 0.0685 e. The highest BCUT2D eigenvalue weighted by molar-refractivity contribution is 9.10. The molecule has 0 radical (unpaired) electrons. The van der Waals surface area contributed by atoms with E-state index in [2.05, 4.69) is 15.9 Å². The van der Waals surface area contributed by atoms with Crippen LogP contribution in [0.4, 0.5) is 0 Å². The predicted octanol–water partition coefficient (Wildman–Crippen LogP) is 2.90. The number of aliphatic hydroxyl groups excluding tert-OH is 1. The largest absolute Gasteiger partial charge is 0.392 e. The van der Waals surface area contributed by atoms with Gasteiger partial charge in [0.25, 0.3) is 0 Å². The molecule has 0 spiro atoms. The molecule has 0 heterocycles. The molecule has 0 fully saturated rings. The zero-order valence-electron chi connectivity index (χ0n) is 6.06. The summed E-state index contributed by atoms with van der Waals surface area (Å²) in [5, 5.41) is 9.57. The molecule has 0 saturated heterocycles. The molecular formula is C8H8BrClO. The van der Waals surface area contributed by atoms with E-state index in [0.29, 0.717) is 5.02 Å². The summed E-state index contributed by atoms with van der Waals surface area (Å²) >= 11 is 9.15. The highest BCUT2D eigenvalue weighted by Crippen LogP contribution is 2.24. The van der Waals surface area contributed by atoms with Crippen LogP contribution in [-0.2, 0) is 6.61 Å². The summed E-state index contributed by atoms with van der Waals surface area (Å²) in [6.45, 7) is 1.92. The van der Waals surface area contributed by atoms with E-state index >= 15 is 0 Å². The summed E-state index contributed by atoms with van der Waals surface area (Å²) in [6.07, 6.45) is 0. The summed E-state index contributed by atoms with van der Waals surface area (Å²) in [5.74, 6) is 0. The number of rotatable bonds is 1. The summed E-state index contributed by atoms with van der Waals surface area (Å²) < 4.78 is 0.900. The van der Waals surface area contributed by atoms with Crippen LogP contribution in [0.2, 0.25) is 5.02 Å². The van der Waals surface area contributed by atoms with Crippen LogP contribution >= 0.6 is 27.5 Å². The summed E-state index contributed by atoms with van der Waals surface area (Å²) in [4.78, 5) is 0. The maximum Gasteiger partial charge on any atom is 0.0685 e. The van der Waals surface area contributed by atoms with E-state index < -0.39 is 0 Å². The van der Waals surface area contributed by atoms with Gasteiger partial charge in [-0.3, -0.25) is 0 Å². The molecule has 3 heteroatoms. The third-order valence-electron chi connectivity index (χ3n) is 1.59. The van der Waals surface area contributed by atoms with Gasteiger partial charge in [-0.2, -0.15) is 0 Å². The minimum absolute atomic E-state index is 0.0327. The Labute approximate surface area is 79.1 Å². The molecule has 1 N–H and O–H groups in total. The van der Waals surface area contributed by atoms with Crippen molar-refractivity contribution < 1.29 is 5.11 Å². The predicted molar refractivity (Wildman–Crippen MR) is 49.8 cm³/mol. The topological polar surface area (TPSA) is 20.2 Å². The maximum absolute atomic E-state index is 8.89. The molecule has 60 valence electrons. The Morgan fingerprint density at radius 3 is 2.73 bits per heavy atom. The average molecular weight is 236 g/mol. The van der Waals surface area contributed by atoms with E-state index in [0.717, 1.165) is 15.6 Å². The first-order valence-corrected chi connectivity index (χ1v) is 4.37. The molecule has 11 heavy (non-hydrogen) atoms. The van der Waals surface area contributed by atoms with Crippen molar-refractivity contribution in [1.82, 2.24) is 0 Å². The van der Waals surface area contributed by atoms with Gasteiger partial charge in [0.2, 0.25) is 0 Å². The normalized spacial score (nSPS) is 10.2. The first-order chi connectivity index (χ1) is 5.15. The van der Waals surface area contributed by atoms with Crippen molar-refractivity contribution in [2.75, 3.05) is 0 Å². The minimum atomic E-state index is 0.0327. The van der Waals surface area contributed by atoms with Crippen molar-refractivity contribution in [3.8, 4) is 0 Å². The van der Waals surface area contributed by atoms with Crippen LogP contribution in [0.5, 0.6) is 0 Å². The second-order valence-corrected chi connectivity index (χ2v) is 3.65. The number of hydrogen-bond acceptors (Lipinski definition) is 1. The lowest BCUT2D eigenvalue weighted by Crippen LogP contribution is -1.89. The van der Waals surface area contributed by atoms with Crippen molar-refractivity contribution in [2.24, 2.45) is 0 Å². The SMILES string of the molecule is Cc1c(Cl)cc(Br)cc1CO. The summed E-state index contributed by atoms with van der Waals surface area (Å²) in [7, 11) is 0. The van der Waals surface area contributed by atoms with Crippen LogP contribution < -0.4 is 0 Å². The molecule has 0 aliphatic heterocycles. The van der Waals surface area contributed by atoms with E-state index in [-0.39, 0.29) is 6.61 Å². The second kappa shape index (κ2) is 3.57. The Morgan fingerprint density at radius 1 is 1.55 bits per heavy atom. The zero-order chi connectivity index (χ0) is 8.43. The Bertz CT molecular complexity index is 273. The molecule has 0 unspecified atom stereocenters. The van der Waals surface area contributed by atoms with Crippen LogP contribution in [0.25, 0.3) is 0 Å². The molecule has 0 amide bonds. The molecule has 0 saturated carbocycles. The van der Waals surface area contributed by atoms with Gasteiger partial charge in [-0.25, -0.2) is 0 Å². The van der Waals surface area contributed by atoms with Gasteiger partial charge in [0.1, 0.15) is 0 Å². The van der Waals surface area contributed by atoms with Crippen molar-refractivity contribution in [1.29, 1.82) is 0 Å². The Morgan fingerprint density at radius 2 is 2.18 bits per heavy atom. The fraction of sp³-hybridized carbons (Fsp3) is 0.250. The van der Waals surface area contributed by atoms with Gasteiger partial charge in [-0.1, -0.05) is 27.5 Å². The van der Waals surface area contributed by atoms with Gasteiger partial charge >= 0.3 is 0 Å². The Hall–Kier alpha value is -0.0500. The fourth-order valence-corrected chi connectivity index (χ4v) is 1.74. The third-order valence-corrected chi connectivity index (χ3v) is 2.44. The lowest BCUT2D eigenvalue weighted by Gasteiger charge is -2.04. The van der Waals surface area contributed by atoms with E-state index in [1.807, 2.05) is 19.1 Å². The van der Waals surface area contributed by atoms with Crippen molar-refractivity contribution >= 4 is 27.5 Å². The molecule has 0 aliphatic rings. The van der Waals surface area contributed by atoms with Crippen LogP contribution in [0.3, 0.4) is 0 Å². The van der Waals surface area contributed by atoms with E-state index in [9.17, 15) is 0 Å². The standard InChI is InChI=1S/C8H8BrClO/c1-5-6(4-11)2-7(9)3-8(5)10/h2-3,11H,4H2,1H3. The Kier molecular flexibility index (Phi) is 2.93. The van der Waals surface area contributed by atoms with Crippen LogP contribution in [-0.4, -0.2) is 5.11 Å². The van der Waals surface area contributed by atoms with Crippen molar-refractivity contribution in [2.45, 2.75) is 13.5 Å². The lowest BCUT2D eigenvalue weighted by molar-refractivity contribution is 0.281.